The molecule has 0 saturated heterocycles. The van der Waals surface area contributed by atoms with Crippen LogP contribution in [0, 0.1) is 0 Å². The number of hydrogen-bond acceptors (Lipinski definition) is 4. The largest absolute Gasteiger partial charge is 0.304 e. The molecule has 5 nitrogen and oxygen atoms in total. The average Bonchev–Trinajstić information content (AvgIpc) is 3.11. The van der Waals surface area contributed by atoms with Crippen LogP contribution >= 0.6 is 23.4 Å². The molecule has 2 aromatic carbocycles. The van der Waals surface area contributed by atoms with Crippen molar-refractivity contribution in [2.45, 2.75) is 18.2 Å². The number of rotatable bonds is 3. The average molecular weight is 385 g/mol. The lowest BCUT2D eigenvalue weighted by atomic mass is 10.2. The molecule has 0 atom stereocenters. The molecule has 3 aromatic rings. The van der Waals surface area contributed by atoms with Gasteiger partial charge in [-0.2, -0.15) is 0 Å². The van der Waals surface area contributed by atoms with Gasteiger partial charge in [0.15, 0.2) is 0 Å². The van der Waals surface area contributed by atoms with E-state index >= 15 is 0 Å². The van der Waals surface area contributed by atoms with Gasteiger partial charge in [-0.25, -0.2) is 9.67 Å². The highest BCUT2D eigenvalue weighted by atomic mass is 35.5. The second kappa shape index (κ2) is 7.13. The van der Waals surface area contributed by atoms with E-state index < -0.39 is 0 Å². The molecule has 1 aliphatic rings. The summed E-state index contributed by atoms with van der Waals surface area (Å²) < 4.78 is 1.67. The Morgan fingerprint density at radius 2 is 1.88 bits per heavy atom. The molecule has 0 fully saturated rings. The normalized spacial score (nSPS) is 13.5. The van der Waals surface area contributed by atoms with Crippen LogP contribution in [0.25, 0.3) is 5.69 Å². The maximum absolute atomic E-state index is 13.1. The molecule has 0 N–H and O–H groups in total. The number of amides is 1. The van der Waals surface area contributed by atoms with Gasteiger partial charge in [-0.05, 0) is 24.3 Å². The Labute approximate surface area is 161 Å². The van der Waals surface area contributed by atoms with Crippen LogP contribution in [0.4, 0.5) is 5.69 Å². The maximum Gasteiger partial charge on any atom is 0.298 e. The maximum atomic E-state index is 13.1. The molecule has 4 rings (SSSR count). The van der Waals surface area contributed by atoms with E-state index in [0.717, 1.165) is 22.0 Å². The summed E-state index contributed by atoms with van der Waals surface area (Å²) in [4.78, 5) is 20.5. The molecule has 132 valence electrons. The van der Waals surface area contributed by atoms with Crippen molar-refractivity contribution in [3.05, 3.63) is 65.2 Å². The summed E-state index contributed by atoms with van der Waals surface area (Å²) in [7, 11) is 0. The van der Waals surface area contributed by atoms with Crippen LogP contribution in [-0.2, 0) is 6.42 Å². The first kappa shape index (κ1) is 17.1. The molecule has 1 aliphatic heterocycles. The molecule has 0 radical (unpaired) electrons. The van der Waals surface area contributed by atoms with Gasteiger partial charge in [0, 0.05) is 23.6 Å². The highest BCUT2D eigenvalue weighted by Gasteiger charge is 2.27. The molecule has 1 aromatic heterocycles. The Morgan fingerprint density at radius 1 is 1.15 bits per heavy atom. The molecule has 0 aliphatic carbocycles. The lowest BCUT2D eigenvalue weighted by molar-refractivity contribution is 0.0978. The number of carbonyl (C=O) groups excluding carboxylic acids is 1. The summed E-state index contributed by atoms with van der Waals surface area (Å²) in [6.45, 7) is 2.63. The van der Waals surface area contributed by atoms with Crippen LogP contribution in [-0.4, -0.2) is 33.0 Å². The van der Waals surface area contributed by atoms with E-state index in [1.807, 2.05) is 49.4 Å². The summed E-state index contributed by atoms with van der Waals surface area (Å²) >= 11 is 8.06. The molecule has 26 heavy (non-hydrogen) atoms. The number of fused-ring (bicyclic) bond motifs is 1. The molecular formula is C19H17ClN4OS. The highest BCUT2D eigenvalue weighted by Crippen LogP contribution is 2.35. The van der Waals surface area contributed by atoms with E-state index in [4.69, 9.17) is 11.6 Å². The fourth-order valence-corrected chi connectivity index (χ4v) is 4.19. The Bertz CT molecular complexity index is 972. The van der Waals surface area contributed by atoms with Gasteiger partial charge >= 0.3 is 0 Å². The van der Waals surface area contributed by atoms with Crippen molar-refractivity contribution in [3.63, 3.8) is 0 Å². The van der Waals surface area contributed by atoms with E-state index in [9.17, 15) is 4.79 Å². The number of benzene rings is 2. The number of para-hydroxylation sites is 2. The summed E-state index contributed by atoms with van der Waals surface area (Å²) in [6.07, 6.45) is 0.651. The van der Waals surface area contributed by atoms with Crippen molar-refractivity contribution in [3.8, 4) is 5.69 Å². The van der Waals surface area contributed by atoms with Gasteiger partial charge in [-0.3, -0.25) is 4.79 Å². The fraction of sp³-hybridized carbons (Fsp3) is 0.211. The zero-order valence-electron chi connectivity index (χ0n) is 14.2. The quantitative estimate of drug-likeness (QED) is 0.677. The molecule has 0 unspecified atom stereocenters. The molecular weight excluding hydrogens is 368 g/mol. The third-order valence-corrected chi connectivity index (χ3v) is 5.60. The SMILES string of the molecule is CCc1nc(C(=O)N2CCSc3ccccc32)nn1-c1ccccc1Cl. The van der Waals surface area contributed by atoms with E-state index in [-0.39, 0.29) is 11.7 Å². The minimum atomic E-state index is -0.182. The van der Waals surface area contributed by atoms with E-state index in [1.54, 1.807) is 27.4 Å². The number of aryl methyl sites for hydroxylation is 1. The lowest BCUT2D eigenvalue weighted by Gasteiger charge is -2.27. The van der Waals surface area contributed by atoms with E-state index in [1.165, 1.54) is 0 Å². The number of halogens is 1. The van der Waals surface area contributed by atoms with Crippen molar-refractivity contribution in [2.24, 2.45) is 0 Å². The van der Waals surface area contributed by atoms with Crippen molar-refractivity contribution >= 4 is 35.0 Å². The summed E-state index contributed by atoms with van der Waals surface area (Å²) in [5, 5.41) is 5.06. The van der Waals surface area contributed by atoms with Gasteiger partial charge < -0.3 is 4.90 Å². The minimum Gasteiger partial charge on any atom is -0.304 e. The fourth-order valence-electron chi connectivity index (χ4n) is 2.98. The van der Waals surface area contributed by atoms with Crippen molar-refractivity contribution in [1.29, 1.82) is 0 Å². The number of carbonyl (C=O) groups is 1. The molecule has 0 spiro atoms. The Kier molecular flexibility index (Phi) is 4.70. The summed E-state index contributed by atoms with van der Waals surface area (Å²) in [6, 6.07) is 15.4. The van der Waals surface area contributed by atoms with Crippen LogP contribution in [0.2, 0.25) is 5.02 Å². The number of aromatic nitrogens is 3. The number of hydrogen-bond donors (Lipinski definition) is 0. The predicted molar refractivity (Wildman–Crippen MR) is 105 cm³/mol. The van der Waals surface area contributed by atoms with Gasteiger partial charge in [0.1, 0.15) is 5.82 Å². The highest BCUT2D eigenvalue weighted by molar-refractivity contribution is 7.99. The number of nitrogens with zero attached hydrogens (tertiary/aromatic N) is 4. The first-order valence-corrected chi connectivity index (χ1v) is 9.80. The van der Waals surface area contributed by atoms with Crippen LogP contribution in [0.5, 0.6) is 0 Å². The topological polar surface area (TPSA) is 51.0 Å². The molecule has 0 saturated carbocycles. The van der Waals surface area contributed by atoms with E-state index in [2.05, 4.69) is 10.1 Å². The third kappa shape index (κ3) is 2.99. The number of anilines is 1. The van der Waals surface area contributed by atoms with Crippen LogP contribution in [0.15, 0.2) is 53.4 Å². The molecule has 1 amide bonds. The van der Waals surface area contributed by atoms with Crippen LogP contribution in [0.1, 0.15) is 23.4 Å². The Balaban J connectivity index is 1.74. The molecule has 7 heteroatoms. The van der Waals surface area contributed by atoms with Gasteiger partial charge in [-0.15, -0.1) is 16.9 Å². The lowest BCUT2D eigenvalue weighted by Crippen LogP contribution is -2.36. The van der Waals surface area contributed by atoms with Gasteiger partial charge in [0.05, 0.1) is 16.4 Å². The summed E-state index contributed by atoms with van der Waals surface area (Å²) in [5.74, 6) is 1.58. The molecule has 0 bridgehead atoms. The smallest absolute Gasteiger partial charge is 0.298 e. The van der Waals surface area contributed by atoms with Crippen molar-refractivity contribution < 1.29 is 4.79 Å². The van der Waals surface area contributed by atoms with Gasteiger partial charge in [0.25, 0.3) is 5.91 Å². The monoisotopic (exact) mass is 384 g/mol. The predicted octanol–water partition coefficient (Wildman–Crippen LogP) is 4.24. The second-order valence-electron chi connectivity index (χ2n) is 5.84. The zero-order valence-corrected chi connectivity index (χ0v) is 15.8. The van der Waals surface area contributed by atoms with Crippen LogP contribution < -0.4 is 4.90 Å². The first-order chi connectivity index (χ1) is 12.7. The molecule has 2 heterocycles. The third-order valence-electron chi connectivity index (χ3n) is 4.24. The Hall–Kier alpha value is -2.31. The van der Waals surface area contributed by atoms with E-state index in [0.29, 0.717) is 23.8 Å². The summed E-state index contributed by atoms with van der Waals surface area (Å²) in [5.41, 5.74) is 1.65. The number of thioether (sulfide) groups is 1. The zero-order chi connectivity index (χ0) is 18.1. The van der Waals surface area contributed by atoms with Crippen molar-refractivity contribution in [1.82, 2.24) is 14.8 Å². The second-order valence-corrected chi connectivity index (χ2v) is 7.39. The Morgan fingerprint density at radius 3 is 2.65 bits per heavy atom. The minimum absolute atomic E-state index is 0.182. The standard InChI is InChI=1S/C19H17ClN4OS/c1-2-17-21-18(22-24(17)14-8-4-3-7-13(14)20)19(25)23-11-12-26-16-10-6-5-9-15(16)23/h3-10H,2,11-12H2,1H3. The van der Waals surface area contributed by atoms with Crippen LogP contribution in [0.3, 0.4) is 0 Å². The van der Waals surface area contributed by atoms with Crippen molar-refractivity contribution in [2.75, 3.05) is 17.2 Å². The first-order valence-electron chi connectivity index (χ1n) is 8.43. The van der Waals surface area contributed by atoms with Gasteiger partial charge in [-0.1, -0.05) is 42.8 Å². The van der Waals surface area contributed by atoms with Gasteiger partial charge in [0.2, 0.25) is 5.82 Å².